The molecule has 1 atom stereocenters. The maximum atomic E-state index is 12.9. The highest BCUT2D eigenvalue weighted by Crippen LogP contribution is 2.17. The lowest BCUT2D eigenvalue weighted by Crippen LogP contribution is -2.30. The molecule has 0 aromatic rings. The van der Waals surface area contributed by atoms with E-state index in [9.17, 15) is 14.4 Å². The topological polar surface area (TPSA) is 78.9 Å². The first kappa shape index (κ1) is 72.1. The van der Waals surface area contributed by atoms with Crippen LogP contribution >= 0.6 is 0 Å². The monoisotopic (exact) mass is 1050 g/mol. The summed E-state index contributed by atoms with van der Waals surface area (Å²) in [6.45, 7) is 6.63. The second-order valence-corrected chi connectivity index (χ2v) is 22.0. The van der Waals surface area contributed by atoms with E-state index in [0.29, 0.717) is 19.3 Å². The number of ether oxygens (including phenoxy) is 3. The summed E-state index contributed by atoms with van der Waals surface area (Å²) in [5, 5.41) is 0. The van der Waals surface area contributed by atoms with Gasteiger partial charge in [0.2, 0.25) is 0 Å². The third-order valence-electron chi connectivity index (χ3n) is 14.5. The minimum Gasteiger partial charge on any atom is -0.462 e. The summed E-state index contributed by atoms with van der Waals surface area (Å²) in [7, 11) is 0. The van der Waals surface area contributed by atoms with Crippen molar-refractivity contribution in [1.82, 2.24) is 0 Å². The Hall–Kier alpha value is -2.89. The summed E-state index contributed by atoms with van der Waals surface area (Å²) in [5.74, 6) is -0.874. The Bertz CT molecular complexity index is 1340. The number of rotatable bonds is 60. The summed E-state index contributed by atoms with van der Waals surface area (Å²) in [4.78, 5) is 38.4. The minimum absolute atomic E-state index is 0.0768. The average molecular weight is 1050 g/mol. The Kier molecular flexibility index (Phi) is 61.2. The van der Waals surface area contributed by atoms with Crippen LogP contribution in [0.25, 0.3) is 0 Å². The lowest BCUT2D eigenvalue weighted by atomic mass is 10.0. The van der Waals surface area contributed by atoms with Crippen molar-refractivity contribution in [2.75, 3.05) is 13.2 Å². The van der Waals surface area contributed by atoms with Gasteiger partial charge >= 0.3 is 17.9 Å². The minimum atomic E-state index is -0.782. The number of unbranched alkanes of at least 4 members (excludes halogenated alkanes) is 39. The maximum absolute atomic E-state index is 12.9. The predicted octanol–water partition coefficient (Wildman–Crippen LogP) is 22.3. The molecule has 0 N–H and O–H groups in total. The van der Waals surface area contributed by atoms with Gasteiger partial charge in [-0.25, -0.2) is 0 Å². The van der Waals surface area contributed by atoms with Crippen molar-refractivity contribution < 1.29 is 28.6 Å². The van der Waals surface area contributed by atoms with Gasteiger partial charge in [-0.3, -0.25) is 14.4 Å². The van der Waals surface area contributed by atoms with Crippen LogP contribution in [0.15, 0.2) is 60.8 Å². The standard InChI is InChI=1S/C69H124O6/c1-4-7-10-13-16-19-22-25-28-31-34-37-40-43-46-49-52-55-58-61-67(70)73-64-66(75-69(72)63-60-57-54-51-48-45-42-39-36-33-30-27-24-21-18-15-12-9-6-3)65-74-68(71)62-59-56-53-50-47-44-41-38-35-32-29-26-23-20-17-14-11-8-5-2/h16,18-19,21,25,27-28,30,34,37,66H,4-15,17,20,22-24,26,29,31-33,35-36,38-65H2,1-3H3/b19-16-,21-18-,28-25-,30-27-,37-34-/t66-/m0/s1. The van der Waals surface area contributed by atoms with Crippen molar-refractivity contribution in [1.29, 1.82) is 0 Å². The van der Waals surface area contributed by atoms with E-state index in [-0.39, 0.29) is 31.1 Å². The zero-order valence-electron chi connectivity index (χ0n) is 50.1. The largest absolute Gasteiger partial charge is 0.462 e. The van der Waals surface area contributed by atoms with Crippen LogP contribution in [0.1, 0.15) is 342 Å². The van der Waals surface area contributed by atoms with E-state index >= 15 is 0 Å². The van der Waals surface area contributed by atoms with E-state index < -0.39 is 6.10 Å². The molecule has 0 amide bonds. The number of hydrogen-bond donors (Lipinski definition) is 0. The van der Waals surface area contributed by atoms with E-state index in [1.54, 1.807) is 0 Å². The van der Waals surface area contributed by atoms with Crippen LogP contribution in [-0.4, -0.2) is 37.2 Å². The summed E-state index contributed by atoms with van der Waals surface area (Å²) in [5.41, 5.74) is 0. The summed E-state index contributed by atoms with van der Waals surface area (Å²) < 4.78 is 17.0. The van der Waals surface area contributed by atoms with Crippen molar-refractivity contribution in [2.24, 2.45) is 0 Å². The molecule has 6 heteroatoms. The highest BCUT2D eigenvalue weighted by Gasteiger charge is 2.19. The van der Waals surface area contributed by atoms with Crippen molar-refractivity contribution >= 4 is 17.9 Å². The van der Waals surface area contributed by atoms with Gasteiger partial charge < -0.3 is 14.2 Å². The van der Waals surface area contributed by atoms with Gasteiger partial charge in [0, 0.05) is 19.3 Å². The number of hydrogen-bond acceptors (Lipinski definition) is 6. The number of allylic oxidation sites excluding steroid dienone is 10. The molecule has 6 nitrogen and oxygen atoms in total. The van der Waals surface area contributed by atoms with E-state index in [4.69, 9.17) is 14.2 Å². The molecular weight excluding hydrogens is 925 g/mol. The molecular formula is C69H124O6. The fraction of sp³-hybridized carbons (Fsp3) is 0.812. The molecule has 0 aromatic carbocycles. The van der Waals surface area contributed by atoms with Gasteiger partial charge in [0.15, 0.2) is 6.10 Å². The number of esters is 3. The van der Waals surface area contributed by atoms with Gasteiger partial charge in [-0.15, -0.1) is 0 Å². The molecule has 0 radical (unpaired) electrons. The third-order valence-corrected chi connectivity index (χ3v) is 14.5. The molecule has 0 aliphatic heterocycles. The molecule has 0 heterocycles. The van der Waals surface area contributed by atoms with E-state index in [1.807, 2.05) is 0 Å². The van der Waals surface area contributed by atoms with Gasteiger partial charge in [0.1, 0.15) is 13.2 Å². The molecule has 0 aliphatic carbocycles. The normalized spacial score (nSPS) is 12.4. The molecule has 0 unspecified atom stereocenters. The molecule has 0 saturated carbocycles. The molecule has 0 fully saturated rings. The Balaban J connectivity index is 4.38. The zero-order chi connectivity index (χ0) is 54.3. The highest BCUT2D eigenvalue weighted by atomic mass is 16.6. The zero-order valence-corrected chi connectivity index (χ0v) is 50.1. The van der Waals surface area contributed by atoms with Crippen LogP contribution in [0.5, 0.6) is 0 Å². The Morgan fingerprint density at radius 2 is 0.480 bits per heavy atom. The van der Waals surface area contributed by atoms with Crippen LogP contribution in [-0.2, 0) is 28.6 Å². The Morgan fingerprint density at radius 3 is 0.773 bits per heavy atom. The smallest absolute Gasteiger partial charge is 0.306 e. The van der Waals surface area contributed by atoms with Crippen molar-refractivity contribution in [2.45, 2.75) is 348 Å². The second kappa shape index (κ2) is 63.6. The predicted molar refractivity (Wildman–Crippen MR) is 325 cm³/mol. The second-order valence-electron chi connectivity index (χ2n) is 22.0. The van der Waals surface area contributed by atoms with Crippen molar-refractivity contribution in [3.8, 4) is 0 Å². The first-order valence-corrected chi connectivity index (χ1v) is 32.8. The van der Waals surface area contributed by atoms with Gasteiger partial charge in [0.05, 0.1) is 0 Å². The lowest BCUT2D eigenvalue weighted by Gasteiger charge is -2.18. The van der Waals surface area contributed by atoms with Crippen molar-refractivity contribution in [3.63, 3.8) is 0 Å². The average Bonchev–Trinajstić information content (AvgIpc) is 3.41. The van der Waals surface area contributed by atoms with Crippen LogP contribution in [0.3, 0.4) is 0 Å². The lowest BCUT2D eigenvalue weighted by molar-refractivity contribution is -0.167. The van der Waals surface area contributed by atoms with E-state index in [1.165, 1.54) is 218 Å². The molecule has 0 aliphatic rings. The molecule has 0 saturated heterocycles. The van der Waals surface area contributed by atoms with Gasteiger partial charge in [-0.05, 0) is 89.9 Å². The van der Waals surface area contributed by atoms with Crippen LogP contribution < -0.4 is 0 Å². The van der Waals surface area contributed by atoms with E-state index in [0.717, 1.165) is 83.5 Å². The van der Waals surface area contributed by atoms with Gasteiger partial charge in [0.25, 0.3) is 0 Å². The highest BCUT2D eigenvalue weighted by molar-refractivity contribution is 5.71. The van der Waals surface area contributed by atoms with Crippen LogP contribution in [0, 0.1) is 0 Å². The molecule has 0 bridgehead atoms. The fourth-order valence-electron chi connectivity index (χ4n) is 9.54. The first-order chi connectivity index (χ1) is 37.0. The molecule has 0 rings (SSSR count). The van der Waals surface area contributed by atoms with Crippen LogP contribution in [0.2, 0.25) is 0 Å². The number of carbonyl (C=O) groups excluding carboxylic acids is 3. The first-order valence-electron chi connectivity index (χ1n) is 32.8. The summed E-state index contributed by atoms with van der Waals surface area (Å²) in [6.07, 6.45) is 80.7. The number of carbonyl (C=O) groups is 3. The fourth-order valence-corrected chi connectivity index (χ4v) is 9.54. The van der Waals surface area contributed by atoms with Crippen LogP contribution in [0.4, 0.5) is 0 Å². The third kappa shape index (κ3) is 61.8. The Morgan fingerprint density at radius 1 is 0.267 bits per heavy atom. The van der Waals surface area contributed by atoms with E-state index in [2.05, 4.69) is 81.5 Å². The molecule has 436 valence electrons. The Labute approximate surface area is 466 Å². The molecule has 75 heavy (non-hydrogen) atoms. The molecule has 0 spiro atoms. The quantitative estimate of drug-likeness (QED) is 0.0261. The summed E-state index contributed by atoms with van der Waals surface area (Å²) in [6, 6.07) is 0. The van der Waals surface area contributed by atoms with Gasteiger partial charge in [-0.1, -0.05) is 293 Å². The van der Waals surface area contributed by atoms with Crippen molar-refractivity contribution in [3.05, 3.63) is 60.8 Å². The SMILES string of the molecule is CCCCC/C=C\C/C=C\C/C=C\CCCCCCCCC(=O)OC[C@@H](COC(=O)CCCCCCCCCCCCCCCCCCCCC)OC(=O)CCCCCCCCCCC/C=C\C/C=C\CCCCC. The van der Waals surface area contributed by atoms with Gasteiger partial charge in [-0.2, -0.15) is 0 Å². The summed E-state index contributed by atoms with van der Waals surface area (Å²) >= 11 is 0. The molecule has 0 aromatic heterocycles. The maximum Gasteiger partial charge on any atom is 0.306 e.